The van der Waals surface area contributed by atoms with Gasteiger partial charge in [-0.1, -0.05) is 12.1 Å². The first-order valence-corrected chi connectivity index (χ1v) is 12.0. The summed E-state index contributed by atoms with van der Waals surface area (Å²) in [5, 5.41) is 10.8. The van der Waals surface area contributed by atoms with Crippen molar-refractivity contribution in [1.29, 1.82) is 5.26 Å². The van der Waals surface area contributed by atoms with Crippen LogP contribution in [0.25, 0.3) is 22.0 Å². The van der Waals surface area contributed by atoms with Gasteiger partial charge in [-0.05, 0) is 49.6 Å². The fraction of sp³-hybridized carbons (Fsp3) is 0.333. The standard InChI is InChI=1S/C27H25N5O3/c1-30-22-15-18(32-12-4-7-24(32)33)8-9-19(22)25(20(16-28)27(30)34)31-13-10-17(11-14-31)26-29-21-5-2-3-6-23(21)35-26/h2-3,5-6,8-9,15,17H,4,7,10-14H2,1H3. The number of fused-ring (bicyclic) bond motifs is 2. The first-order valence-electron chi connectivity index (χ1n) is 12.0. The SMILES string of the molecule is Cn1c(=O)c(C#N)c(N2CCC(c3nc4ccccc4o3)CC2)c2ccc(N3CCCC3=O)cc21. The van der Waals surface area contributed by atoms with Crippen LogP contribution in [0.15, 0.2) is 51.7 Å². The molecule has 35 heavy (non-hydrogen) atoms. The van der Waals surface area contributed by atoms with E-state index < -0.39 is 0 Å². The van der Waals surface area contributed by atoms with Crippen LogP contribution in [-0.2, 0) is 11.8 Å². The summed E-state index contributed by atoms with van der Waals surface area (Å²) < 4.78 is 7.52. The Bertz CT molecular complexity index is 1540. The van der Waals surface area contributed by atoms with Crippen LogP contribution in [0.5, 0.6) is 0 Å². The molecule has 176 valence electrons. The fourth-order valence-electron chi connectivity index (χ4n) is 5.44. The predicted molar refractivity (Wildman–Crippen MR) is 134 cm³/mol. The number of para-hydroxylation sites is 2. The highest BCUT2D eigenvalue weighted by Crippen LogP contribution is 2.37. The minimum atomic E-state index is -0.319. The topological polar surface area (TPSA) is 95.4 Å². The lowest BCUT2D eigenvalue weighted by Gasteiger charge is -2.34. The first kappa shape index (κ1) is 21.4. The number of nitriles is 1. The van der Waals surface area contributed by atoms with E-state index in [9.17, 15) is 14.9 Å². The number of amides is 1. The molecule has 2 aliphatic heterocycles. The van der Waals surface area contributed by atoms with Crippen molar-refractivity contribution in [3.63, 3.8) is 0 Å². The van der Waals surface area contributed by atoms with Crippen LogP contribution in [-0.4, -0.2) is 35.1 Å². The summed E-state index contributed by atoms with van der Waals surface area (Å²) in [4.78, 5) is 34.0. The number of carbonyl (C=O) groups is 1. The lowest BCUT2D eigenvalue weighted by molar-refractivity contribution is -0.117. The van der Waals surface area contributed by atoms with Crippen LogP contribution in [0.1, 0.15) is 43.1 Å². The van der Waals surface area contributed by atoms with E-state index in [1.165, 1.54) is 4.57 Å². The van der Waals surface area contributed by atoms with Crippen molar-refractivity contribution in [3.8, 4) is 6.07 Å². The Balaban J connectivity index is 1.36. The van der Waals surface area contributed by atoms with E-state index in [2.05, 4.69) is 16.0 Å². The van der Waals surface area contributed by atoms with E-state index >= 15 is 0 Å². The summed E-state index contributed by atoms with van der Waals surface area (Å²) in [7, 11) is 1.68. The van der Waals surface area contributed by atoms with Crippen molar-refractivity contribution in [1.82, 2.24) is 9.55 Å². The van der Waals surface area contributed by atoms with Crippen molar-refractivity contribution in [2.24, 2.45) is 7.05 Å². The maximum Gasteiger partial charge on any atom is 0.270 e. The van der Waals surface area contributed by atoms with E-state index in [0.717, 1.165) is 52.8 Å². The Morgan fingerprint density at radius 1 is 1.09 bits per heavy atom. The monoisotopic (exact) mass is 467 g/mol. The average molecular weight is 468 g/mol. The van der Waals surface area contributed by atoms with Crippen molar-refractivity contribution in [2.75, 3.05) is 29.4 Å². The number of anilines is 2. The van der Waals surface area contributed by atoms with Gasteiger partial charge in [0.05, 0.1) is 11.2 Å². The number of oxazole rings is 1. The zero-order valence-electron chi connectivity index (χ0n) is 19.5. The van der Waals surface area contributed by atoms with Gasteiger partial charge in [-0.3, -0.25) is 9.59 Å². The maximum absolute atomic E-state index is 13.2. The normalized spacial score (nSPS) is 17.0. The van der Waals surface area contributed by atoms with Gasteiger partial charge in [0.15, 0.2) is 11.5 Å². The van der Waals surface area contributed by atoms with Crippen LogP contribution >= 0.6 is 0 Å². The highest BCUT2D eigenvalue weighted by molar-refractivity contribution is 6.00. The zero-order chi connectivity index (χ0) is 24.1. The summed E-state index contributed by atoms with van der Waals surface area (Å²) in [6, 6.07) is 15.7. The molecule has 0 aliphatic carbocycles. The van der Waals surface area contributed by atoms with Crippen LogP contribution in [0, 0.1) is 11.3 Å². The molecule has 0 spiro atoms. The minimum Gasteiger partial charge on any atom is -0.440 e. The molecule has 0 N–H and O–H groups in total. The number of rotatable bonds is 3. The van der Waals surface area contributed by atoms with Crippen molar-refractivity contribution >= 4 is 39.3 Å². The van der Waals surface area contributed by atoms with Gasteiger partial charge in [0, 0.05) is 50.1 Å². The molecule has 1 amide bonds. The lowest BCUT2D eigenvalue weighted by atomic mass is 9.95. The summed E-state index contributed by atoms with van der Waals surface area (Å²) in [5.41, 5.74) is 3.69. The van der Waals surface area contributed by atoms with E-state index in [1.807, 2.05) is 42.5 Å². The molecule has 0 bridgehead atoms. The second kappa shape index (κ2) is 8.27. The number of benzene rings is 2. The van der Waals surface area contributed by atoms with Gasteiger partial charge in [0.25, 0.3) is 5.56 Å². The average Bonchev–Trinajstić information content (AvgIpc) is 3.52. The van der Waals surface area contributed by atoms with E-state index in [0.29, 0.717) is 31.7 Å². The number of pyridine rings is 1. The number of carbonyl (C=O) groups excluding carboxylic acids is 1. The fourth-order valence-corrected chi connectivity index (χ4v) is 5.44. The van der Waals surface area contributed by atoms with Crippen molar-refractivity contribution in [3.05, 3.63) is 64.3 Å². The molecule has 0 unspecified atom stereocenters. The van der Waals surface area contributed by atoms with E-state index in [4.69, 9.17) is 4.42 Å². The quantitative estimate of drug-likeness (QED) is 0.451. The summed E-state index contributed by atoms with van der Waals surface area (Å²) in [6.07, 6.45) is 3.01. The Morgan fingerprint density at radius 2 is 1.89 bits per heavy atom. The third kappa shape index (κ3) is 3.46. The smallest absolute Gasteiger partial charge is 0.270 e. The van der Waals surface area contributed by atoms with Crippen LogP contribution in [0.3, 0.4) is 0 Å². The molecule has 0 atom stereocenters. The second-order valence-electron chi connectivity index (χ2n) is 9.33. The molecule has 0 radical (unpaired) electrons. The summed E-state index contributed by atoms with van der Waals surface area (Å²) >= 11 is 0. The Kier molecular flexibility index (Phi) is 5.06. The molecule has 2 aliphatic rings. The lowest BCUT2D eigenvalue weighted by Crippen LogP contribution is -2.36. The molecule has 2 aromatic heterocycles. The number of hydrogen-bond donors (Lipinski definition) is 0. The van der Waals surface area contributed by atoms with Gasteiger partial charge in [-0.2, -0.15) is 5.26 Å². The van der Waals surface area contributed by atoms with Crippen LogP contribution < -0.4 is 15.4 Å². The number of piperidine rings is 1. The number of aryl methyl sites for hydroxylation is 1. The maximum atomic E-state index is 13.2. The van der Waals surface area contributed by atoms with Crippen LogP contribution in [0.4, 0.5) is 11.4 Å². The van der Waals surface area contributed by atoms with E-state index in [-0.39, 0.29) is 22.9 Å². The van der Waals surface area contributed by atoms with Crippen molar-refractivity contribution < 1.29 is 9.21 Å². The molecule has 2 fully saturated rings. The highest BCUT2D eigenvalue weighted by Gasteiger charge is 2.29. The van der Waals surface area contributed by atoms with Gasteiger partial charge >= 0.3 is 0 Å². The largest absolute Gasteiger partial charge is 0.440 e. The van der Waals surface area contributed by atoms with Crippen LogP contribution in [0.2, 0.25) is 0 Å². The molecular formula is C27H25N5O3. The van der Waals surface area contributed by atoms with Crippen molar-refractivity contribution in [2.45, 2.75) is 31.6 Å². The second-order valence-corrected chi connectivity index (χ2v) is 9.33. The number of hydrogen-bond acceptors (Lipinski definition) is 6. The Hall–Kier alpha value is -4.12. The molecule has 2 saturated heterocycles. The third-order valence-electron chi connectivity index (χ3n) is 7.32. The zero-order valence-corrected chi connectivity index (χ0v) is 19.5. The molecule has 0 saturated carbocycles. The van der Waals surface area contributed by atoms with Gasteiger partial charge in [0.1, 0.15) is 17.1 Å². The molecule has 6 rings (SSSR count). The minimum absolute atomic E-state index is 0.101. The van der Waals surface area contributed by atoms with Gasteiger partial charge in [-0.25, -0.2) is 4.98 Å². The molecule has 8 heteroatoms. The van der Waals surface area contributed by atoms with E-state index in [1.54, 1.807) is 11.9 Å². The predicted octanol–water partition coefficient (Wildman–Crippen LogP) is 4.06. The Morgan fingerprint density at radius 3 is 2.60 bits per heavy atom. The third-order valence-corrected chi connectivity index (χ3v) is 7.32. The molecule has 4 heterocycles. The number of nitrogens with zero attached hydrogens (tertiary/aromatic N) is 5. The van der Waals surface area contributed by atoms with Gasteiger partial charge in [0.2, 0.25) is 5.91 Å². The first-order chi connectivity index (χ1) is 17.0. The van der Waals surface area contributed by atoms with Gasteiger partial charge < -0.3 is 18.8 Å². The Labute approximate surface area is 202 Å². The molecule has 8 nitrogen and oxygen atoms in total. The summed E-state index contributed by atoms with van der Waals surface area (Å²) in [5.74, 6) is 1.04. The van der Waals surface area contributed by atoms with Gasteiger partial charge in [-0.15, -0.1) is 0 Å². The molecular weight excluding hydrogens is 442 g/mol. The molecule has 4 aromatic rings. The molecule has 2 aromatic carbocycles. The highest BCUT2D eigenvalue weighted by atomic mass is 16.3. The number of aromatic nitrogens is 2. The summed E-state index contributed by atoms with van der Waals surface area (Å²) in [6.45, 7) is 2.06.